The van der Waals surface area contributed by atoms with Crippen molar-refractivity contribution in [3.63, 3.8) is 0 Å². The van der Waals surface area contributed by atoms with Crippen LogP contribution in [0.5, 0.6) is 0 Å². The molecule has 1 aromatic heterocycles. The van der Waals surface area contributed by atoms with Crippen LogP contribution in [-0.4, -0.2) is 23.0 Å². The van der Waals surface area contributed by atoms with E-state index in [9.17, 15) is 9.59 Å². The van der Waals surface area contributed by atoms with Crippen LogP contribution >= 0.6 is 0 Å². The molecule has 5 nitrogen and oxygen atoms in total. The predicted molar refractivity (Wildman–Crippen MR) is 47.5 cm³/mol. The highest BCUT2D eigenvalue weighted by molar-refractivity contribution is 5.86. The van der Waals surface area contributed by atoms with Crippen molar-refractivity contribution >= 4 is 5.97 Å². The van der Waals surface area contributed by atoms with Gasteiger partial charge in [0.25, 0.3) is 5.56 Å². The molecule has 5 heteroatoms. The average molecular weight is 184 g/mol. The first-order valence-electron chi connectivity index (χ1n) is 3.87. The van der Waals surface area contributed by atoms with Crippen LogP contribution in [-0.2, 0) is 4.74 Å². The molecule has 0 aliphatic rings. The van der Waals surface area contributed by atoms with Gasteiger partial charge in [-0.15, -0.1) is 0 Å². The van der Waals surface area contributed by atoms with Gasteiger partial charge in [0.1, 0.15) is 0 Å². The number of H-pyrrole nitrogens is 1. The van der Waals surface area contributed by atoms with Crippen LogP contribution < -0.4 is 5.56 Å². The number of aromatic nitrogens is 2. The maximum Gasteiger partial charge on any atom is 0.358 e. The van der Waals surface area contributed by atoms with E-state index < -0.39 is 5.97 Å². The summed E-state index contributed by atoms with van der Waals surface area (Å²) in [5.41, 5.74) is -0.259. The summed E-state index contributed by atoms with van der Waals surface area (Å²) in [6.07, 6.45) is 2.22. The number of ether oxygens (including phenoxy) is 1. The van der Waals surface area contributed by atoms with Crippen molar-refractivity contribution in [3.8, 4) is 0 Å². The second-order valence-electron chi connectivity index (χ2n) is 1.79. The summed E-state index contributed by atoms with van der Waals surface area (Å²) in [6, 6.07) is 0. The van der Waals surface area contributed by atoms with Crippen molar-refractivity contribution in [1.82, 2.24) is 9.97 Å². The lowest BCUT2D eigenvalue weighted by Gasteiger charge is -1.94. The highest BCUT2D eigenvalue weighted by Crippen LogP contribution is 1.89. The highest BCUT2D eigenvalue weighted by atomic mass is 16.5. The van der Waals surface area contributed by atoms with Crippen molar-refractivity contribution in [2.75, 3.05) is 7.11 Å². The average Bonchev–Trinajstić information content (AvgIpc) is 2.21. The van der Waals surface area contributed by atoms with Crippen LogP contribution in [0.2, 0.25) is 0 Å². The SMILES string of the molecule is CC.COC(=O)c1c[nH]c(=O)cn1. The van der Waals surface area contributed by atoms with Gasteiger partial charge in [-0.05, 0) is 0 Å². The van der Waals surface area contributed by atoms with E-state index in [1.807, 2.05) is 13.8 Å². The number of carbonyl (C=O) groups is 1. The molecular formula is C8H12N2O3. The van der Waals surface area contributed by atoms with Gasteiger partial charge in [-0.25, -0.2) is 9.78 Å². The summed E-state index contributed by atoms with van der Waals surface area (Å²) in [7, 11) is 1.25. The van der Waals surface area contributed by atoms with Crippen molar-refractivity contribution in [2.45, 2.75) is 13.8 Å². The van der Waals surface area contributed by atoms with Crippen LogP contribution in [0.4, 0.5) is 0 Å². The quantitative estimate of drug-likeness (QED) is 0.648. The molecule has 0 saturated carbocycles. The van der Waals surface area contributed by atoms with Gasteiger partial charge in [-0.1, -0.05) is 13.8 Å². The minimum absolute atomic E-state index is 0.0899. The van der Waals surface area contributed by atoms with Crippen LogP contribution in [0.15, 0.2) is 17.2 Å². The molecule has 1 heterocycles. The molecule has 13 heavy (non-hydrogen) atoms. The Labute approximate surface area is 75.8 Å². The van der Waals surface area contributed by atoms with Crippen molar-refractivity contribution in [1.29, 1.82) is 0 Å². The molecule has 72 valence electrons. The summed E-state index contributed by atoms with van der Waals surface area (Å²) in [4.78, 5) is 27.0. The van der Waals surface area contributed by atoms with E-state index in [4.69, 9.17) is 0 Å². The summed E-state index contributed by atoms with van der Waals surface area (Å²) >= 11 is 0. The van der Waals surface area contributed by atoms with Gasteiger partial charge in [-0.2, -0.15) is 0 Å². The number of aromatic amines is 1. The number of rotatable bonds is 1. The normalized spacial score (nSPS) is 8.23. The lowest BCUT2D eigenvalue weighted by atomic mass is 10.5. The monoisotopic (exact) mass is 184 g/mol. The van der Waals surface area contributed by atoms with Crippen molar-refractivity contribution in [2.24, 2.45) is 0 Å². The van der Waals surface area contributed by atoms with Gasteiger partial charge in [0.2, 0.25) is 0 Å². The second-order valence-corrected chi connectivity index (χ2v) is 1.79. The Morgan fingerprint density at radius 2 is 2.15 bits per heavy atom. The fourth-order valence-electron chi connectivity index (χ4n) is 0.558. The molecule has 0 fully saturated rings. The zero-order chi connectivity index (χ0) is 10.3. The molecule has 0 aliphatic heterocycles. The molecule has 0 radical (unpaired) electrons. The Bertz CT molecular complexity index is 299. The van der Waals surface area contributed by atoms with Gasteiger partial charge in [0.05, 0.1) is 13.3 Å². The highest BCUT2D eigenvalue weighted by Gasteiger charge is 2.04. The first kappa shape index (κ1) is 11.4. The second kappa shape index (κ2) is 5.93. The zero-order valence-electron chi connectivity index (χ0n) is 7.83. The molecule has 0 atom stereocenters. The summed E-state index contributed by atoms with van der Waals surface area (Å²) in [5, 5.41) is 0. The minimum Gasteiger partial charge on any atom is -0.464 e. The van der Waals surface area contributed by atoms with Crippen molar-refractivity contribution < 1.29 is 9.53 Å². The maximum absolute atomic E-state index is 10.7. The van der Waals surface area contributed by atoms with Gasteiger partial charge < -0.3 is 9.72 Å². The molecule has 1 aromatic rings. The topological polar surface area (TPSA) is 72.1 Å². The van der Waals surface area contributed by atoms with Crippen LogP contribution in [0, 0.1) is 0 Å². The Kier molecular flexibility index (Phi) is 5.18. The number of hydrogen-bond acceptors (Lipinski definition) is 4. The summed E-state index contributed by atoms with van der Waals surface area (Å²) in [6.45, 7) is 4.00. The standard InChI is InChI=1S/C6H6N2O3.C2H6/c1-11-6(10)4-2-8-5(9)3-7-4;1-2/h2-3H,1H3,(H,8,9);1-2H3. The van der Waals surface area contributed by atoms with E-state index in [-0.39, 0.29) is 11.3 Å². The molecule has 1 N–H and O–H groups in total. The number of nitrogens with one attached hydrogen (secondary N) is 1. The molecule has 0 spiro atoms. The minimum atomic E-state index is -0.568. The zero-order valence-corrected chi connectivity index (χ0v) is 7.83. The van der Waals surface area contributed by atoms with Gasteiger partial charge in [-0.3, -0.25) is 4.79 Å². The van der Waals surface area contributed by atoms with E-state index in [0.717, 1.165) is 6.20 Å². The summed E-state index contributed by atoms with van der Waals surface area (Å²) in [5.74, 6) is -0.568. The number of nitrogens with zero attached hydrogens (tertiary/aromatic N) is 1. The van der Waals surface area contributed by atoms with E-state index in [1.165, 1.54) is 13.3 Å². The molecule has 0 unspecified atom stereocenters. The van der Waals surface area contributed by atoms with Gasteiger partial charge in [0, 0.05) is 6.20 Å². The Hall–Kier alpha value is -1.65. The first-order chi connectivity index (χ1) is 6.24. The lowest BCUT2D eigenvalue weighted by molar-refractivity contribution is 0.0593. The molecule has 0 bridgehead atoms. The van der Waals surface area contributed by atoms with Gasteiger partial charge >= 0.3 is 5.97 Å². The Morgan fingerprint density at radius 3 is 2.54 bits per heavy atom. The summed E-state index contributed by atoms with van der Waals surface area (Å²) < 4.78 is 4.35. The fourth-order valence-corrected chi connectivity index (χ4v) is 0.558. The number of methoxy groups -OCH3 is 1. The third kappa shape index (κ3) is 3.50. The van der Waals surface area contributed by atoms with Gasteiger partial charge in [0.15, 0.2) is 5.69 Å². The Balaban J connectivity index is 0.000000671. The Morgan fingerprint density at radius 1 is 1.54 bits per heavy atom. The molecule has 0 saturated heterocycles. The fraction of sp³-hybridized carbons (Fsp3) is 0.375. The number of hydrogen-bond donors (Lipinski definition) is 1. The van der Waals surface area contributed by atoms with E-state index >= 15 is 0 Å². The first-order valence-corrected chi connectivity index (χ1v) is 3.87. The van der Waals surface area contributed by atoms with Crippen LogP contribution in [0.25, 0.3) is 0 Å². The smallest absolute Gasteiger partial charge is 0.358 e. The van der Waals surface area contributed by atoms with Crippen LogP contribution in [0.1, 0.15) is 24.3 Å². The maximum atomic E-state index is 10.7. The van der Waals surface area contributed by atoms with E-state index in [0.29, 0.717) is 0 Å². The van der Waals surface area contributed by atoms with Crippen molar-refractivity contribution in [3.05, 3.63) is 28.4 Å². The molecule has 0 amide bonds. The largest absolute Gasteiger partial charge is 0.464 e. The molecule has 1 rings (SSSR count). The number of carbonyl (C=O) groups excluding carboxylic acids is 1. The molecule has 0 aliphatic carbocycles. The van der Waals surface area contributed by atoms with E-state index in [2.05, 4.69) is 14.7 Å². The van der Waals surface area contributed by atoms with Crippen LogP contribution in [0.3, 0.4) is 0 Å². The molecular weight excluding hydrogens is 172 g/mol. The van der Waals surface area contributed by atoms with E-state index in [1.54, 1.807) is 0 Å². The number of esters is 1. The lowest BCUT2D eigenvalue weighted by Crippen LogP contribution is -2.11. The third-order valence-electron chi connectivity index (χ3n) is 1.07. The predicted octanol–water partition coefficient (Wildman–Crippen LogP) is 0.583. The third-order valence-corrected chi connectivity index (χ3v) is 1.07. The molecule has 0 aromatic carbocycles.